The first-order valence-electron chi connectivity index (χ1n) is 8.83. The van der Waals surface area contributed by atoms with E-state index in [1.165, 1.54) is 0 Å². The third-order valence-electron chi connectivity index (χ3n) is 4.53. The zero-order chi connectivity index (χ0) is 17.5. The second kappa shape index (κ2) is 8.83. The van der Waals surface area contributed by atoms with E-state index in [2.05, 4.69) is 19.2 Å². The van der Waals surface area contributed by atoms with Gasteiger partial charge in [-0.3, -0.25) is 9.59 Å². The quantitative estimate of drug-likeness (QED) is 0.836. The van der Waals surface area contributed by atoms with Crippen molar-refractivity contribution in [3.05, 3.63) is 35.9 Å². The number of carbonyl (C=O) groups is 2. The van der Waals surface area contributed by atoms with E-state index in [4.69, 9.17) is 5.73 Å². The molecule has 1 aliphatic heterocycles. The number of piperidine rings is 1. The first kappa shape index (κ1) is 18.5. The van der Waals surface area contributed by atoms with Crippen LogP contribution in [0, 0.1) is 11.8 Å². The number of hydrogen-bond acceptors (Lipinski definition) is 3. The van der Waals surface area contributed by atoms with Crippen LogP contribution in [0.4, 0.5) is 0 Å². The van der Waals surface area contributed by atoms with Crippen LogP contribution in [0.3, 0.4) is 0 Å². The summed E-state index contributed by atoms with van der Waals surface area (Å²) in [6.07, 6.45) is 2.12. The van der Waals surface area contributed by atoms with E-state index in [1.807, 2.05) is 35.2 Å². The Bertz CT molecular complexity index is 537. The van der Waals surface area contributed by atoms with Gasteiger partial charge in [0, 0.05) is 25.6 Å². The van der Waals surface area contributed by atoms with Gasteiger partial charge >= 0.3 is 0 Å². The predicted molar refractivity (Wildman–Crippen MR) is 95.0 cm³/mol. The van der Waals surface area contributed by atoms with Crippen LogP contribution in [0.5, 0.6) is 0 Å². The minimum absolute atomic E-state index is 0.0147. The molecule has 2 rings (SSSR count). The van der Waals surface area contributed by atoms with Crippen molar-refractivity contribution in [1.82, 2.24) is 10.2 Å². The number of rotatable bonds is 6. The summed E-state index contributed by atoms with van der Waals surface area (Å²) in [7, 11) is 0. The van der Waals surface area contributed by atoms with E-state index in [0.717, 1.165) is 5.56 Å². The number of nitrogens with one attached hydrogen (secondary N) is 1. The van der Waals surface area contributed by atoms with Crippen molar-refractivity contribution < 1.29 is 9.59 Å². The number of carbonyl (C=O) groups excluding carboxylic acids is 2. The Hall–Kier alpha value is -1.88. The minimum Gasteiger partial charge on any atom is -0.352 e. The van der Waals surface area contributed by atoms with Gasteiger partial charge in [-0.05, 0) is 30.7 Å². The van der Waals surface area contributed by atoms with E-state index in [1.54, 1.807) is 0 Å². The van der Waals surface area contributed by atoms with Crippen molar-refractivity contribution in [3.63, 3.8) is 0 Å². The molecule has 1 aromatic carbocycles. The number of benzene rings is 1. The lowest BCUT2D eigenvalue weighted by atomic mass is 9.94. The Labute approximate surface area is 144 Å². The van der Waals surface area contributed by atoms with Gasteiger partial charge in [0.1, 0.15) is 0 Å². The third-order valence-corrected chi connectivity index (χ3v) is 4.53. The van der Waals surface area contributed by atoms with E-state index >= 15 is 0 Å². The van der Waals surface area contributed by atoms with Gasteiger partial charge in [0.2, 0.25) is 11.8 Å². The lowest BCUT2D eigenvalue weighted by Gasteiger charge is -2.33. The van der Waals surface area contributed by atoms with Gasteiger partial charge < -0.3 is 16.0 Å². The van der Waals surface area contributed by atoms with Crippen molar-refractivity contribution >= 4 is 11.8 Å². The van der Waals surface area contributed by atoms with Gasteiger partial charge in [-0.15, -0.1) is 0 Å². The van der Waals surface area contributed by atoms with Gasteiger partial charge in [-0.1, -0.05) is 44.2 Å². The Morgan fingerprint density at radius 3 is 2.42 bits per heavy atom. The van der Waals surface area contributed by atoms with Crippen LogP contribution in [-0.4, -0.2) is 35.8 Å². The molecule has 0 bridgehead atoms. The summed E-state index contributed by atoms with van der Waals surface area (Å²) in [5.74, 6) is 0.494. The van der Waals surface area contributed by atoms with Crippen LogP contribution < -0.4 is 11.1 Å². The first-order valence-corrected chi connectivity index (χ1v) is 8.83. The molecule has 0 saturated carbocycles. The predicted octanol–water partition coefficient (Wildman–Crippen LogP) is 1.91. The monoisotopic (exact) mass is 331 g/mol. The maximum Gasteiger partial charge on any atom is 0.239 e. The highest BCUT2D eigenvalue weighted by Crippen LogP contribution is 2.19. The maximum atomic E-state index is 12.3. The molecule has 3 N–H and O–H groups in total. The molecule has 1 atom stereocenters. The van der Waals surface area contributed by atoms with Crippen LogP contribution in [0.1, 0.15) is 38.7 Å². The number of nitrogens with zero attached hydrogens (tertiary/aromatic N) is 1. The average molecular weight is 331 g/mol. The van der Waals surface area contributed by atoms with Gasteiger partial charge in [-0.2, -0.15) is 0 Å². The smallest absolute Gasteiger partial charge is 0.239 e. The van der Waals surface area contributed by atoms with Gasteiger partial charge in [0.15, 0.2) is 0 Å². The second-order valence-corrected chi connectivity index (χ2v) is 7.04. The Morgan fingerprint density at radius 2 is 1.83 bits per heavy atom. The zero-order valence-corrected chi connectivity index (χ0v) is 14.7. The molecule has 0 unspecified atom stereocenters. The lowest BCUT2D eigenvalue weighted by Crippen LogP contribution is -2.49. The standard InChI is InChI=1S/C19H29N3O2/c1-14(2)12-17(20)19(24)22-10-8-16(9-11-22)18(23)21-13-15-6-4-3-5-7-15/h3-7,14,16-17H,8-13,20H2,1-2H3,(H,21,23)/t17-/m0/s1. The molecule has 1 aliphatic rings. The molecule has 1 saturated heterocycles. The summed E-state index contributed by atoms with van der Waals surface area (Å²) in [5.41, 5.74) is 7.08. The third kappa shape index (κ3) is 5.34. The van der Waals surface area contributed by atoms with Crippen molar-refractivity contribution in [3.8, 4) is 0 Å². The summed E-state index contributed by atoms with van der Waals surface area (Å²) in [4.78, 5) is 26.4. The highest BCUT2D eigenvalue weighted by Gasteiger charge is 2.29. The van der Waals surface area contributed by atoms with Crippen LogP contribution in [0.2, 0.25) is 0 Å². The van der Waals surface area contributed by atoms with Crippen molar-refractivity contribution in [2.75, 3.05) is 13.1 Å². The van der Waals surface area contributed by atoms with Crippen LogP contribution in [-0.2, 0) is 16.1 Å². The molecule has 0 spiro atoms. The molecule has 1 heterocycles. The fourth-order valence-corrected chi connectivity index (χ4v) is 3.13. The van der Waals surface area contributed by atoms with E-state index in [9.17, 15) is 9.59 Å². The van der Waals surface area contributed by atoms with Gasteiger partial charge in [0.05, 0.1) is 6.04 Å². The molecule has 24 heavy (non-hydrogen) atoms. The fourth-order valence-electron chi connectivity index (χ4n) is 3.13. The number of amides is 2. The Balaban J connectivity index is 1.75. The first-order chi connectivity index (χ1) is 11.5. The van der Waals surface area contributed by atoms with Gasteiger partial charge in [-0.25, -0.2) is 0 Å². The summed E-state index contributed by atoms with van der Waals surface area (Å²) in [6, 6.07) is 9.46. The SMILES string of the molecule is CC(C)C[C@H](N)C(=O)N1CCC(C(=O)NCc2ccccc2)CC1. The fraction of sp³-hybridized carbons (Fsp3) is 0.579. The lowest BCUT2D eigenvalue weighted by molar-refractivity contribution is -0.137. The topological polar surface area (TPSA) is 75.4 Å². The summed E-state index contributed by atoms with van der Waals surface area (Å²) < 4.78 is 0. The van der Waals surface area contributed by atoms with Crippen LogP contribution in [0.25, 0.3) is 0 Å². The van der Waals surface area contributed by atoms with E-state index in [0.29, 0.717) is 44.8 Å². The summed E-state index contributed by atoms with van der Waals surface area (Å²) in [5, 5.41) is 2.99. The molecule has 0 radical (unpaired) electrons. The van der Waals surface area contributed by atoms with Crippen molar-refractivity contribution in [1.29, 1.82) is 0 Å². The van der Waals surface area contributed by atoms with E-state index in [-0.39, 0.29) is 17.7 Å². The highest BCUT2D eigenvalue weighted by molar-refractivity contribution is 5.82. The van der Waals surface area contributed by atoms with Crippen LogP contribution >= 0.6 is 0 Å². The molecule has 132 valence electrons. The van der Waals surface area contributed by atoms with Crippen molar-refractivity contribution in [2.45, 2.75) is 45.7 Å². The number of likely N-dealkylation sites (tertiary alicyclic amines) is 1. The molecule has 1 aromatic rings. The molecule has 2 amide bonds. The molecule has 0 aliphatic carbocycles. The molecule has 0 aromatic heterocycles. The summed E-state index contributed by atoms with van der Waals surface area (Å²) >= 11 is 0. The molecule has 5 nitrogen and oxygen atoms in total. The van der Waals surface area contributed by atoms with Gasteiger partial charge in [0.25, 0.3) is 0 Å². The molecule has 5 heteroatoms. The van der Waals surface area contributed by atoms with E-state index < -0.39 is 6.04 Å². The Morgan fingerprint density at radius 1 is 1.21 bits per heavy atom. The molecular weight excluding hydrogens is 302 g/mol. The Kier molecular flexibility index (Phi) is 6.79. The largest absolute Gasteiger partial charge is 0.352 e. The second-order valence-electron chi connectivity index (χ2n) is 7.04. The summed E-state index contributed by atoms with van der Waals surface area (Å²) in [6.45, 7) is 5.92. The minimum atomic E-state index is -0.423. The molecular formula is C19H29N3O2. The maximum absolute atomic E-state index is 12.3. The van der Waals surface area contributed by atoms with Crippen molar-refractivity contribution in [2.24, 2.45) is 17.6 Å². The number of nitrogens with two attached hydrogens (primary N) is 1. The number of hydrogen-bond donors (Lipinski definition) is 2. The average Bonchev–Trinajstić information content (AvgIpc) is 2.59. The highest BCUT2D eigenvalue weighted by atomic mass is 16.2. The normalized spacial score (nSPS) is 16.9. The zero-order valence-electron chi connectivity index (χ0n) is 14.7. The molecule has 1 fully saturated rings. The van der Waals surface area contributed by atoms with Crippen LogP contribution in [0.15, 0.2) is 30.3 Å².